The van der Waals surface area contributed by atoms with Gasteiger partial charge < -0.3 is 15.5 Å². The summed E-state index contributed by atoms with van der Waals surface area (Å²) in [6, 6.07) is 10.3. The molecule has 2 aromatic rings. The number of nitrogens with one attached hydrogen (secondary N) is 2. The van der Waals surface area contributed by atoms with E-state index in [1.165, 1.54) is 24.3 Å². The molecule has 0 spiro atoms. The number of benzene rings is 2. The van der Waals surface area contributed by atoms with E-state index >= 15 is 0 Å². The van der Waals surface area contributed by atoms with Gasteiger partial charge in [-0.15, -0.1) is 0 Å². The minimum Gasteiger partial charge on any atom is -0.384 e. The zero-order valence-electron chi connectivity index (χ0n) is 14.8. The average Bonchev–Trinajstić information content (AvgIpc) is 2.67. The maximum absolute atomic E-state index is 13.2. The molecule has 1 heterocycles. The van der Waals surface area contributed by atoms with Crippen LogP contribution in [0.4, 0.5) is 15.8 Å². The number of nitrogens with zero attached hydrogens (tertiary/aromatic N) is 1. The van der Waals surface area contributed by atoms with Crippen molar-refractivity contribution in [1.29, 1.82) is 0 Å². The standard InChI is InChI=1S/C19H24FN3O2S/c1-2-9-22-18-14-16(23-12-10-21-11-13-23)5-8-19(18)26(24,25)17-6-3-15(20)4-7-17/h3-8,14,21-22H,2,9-13H2,1H3. The lowest BCUT2D eigenvalue weighted by atomic mass is 10.2. The van der Waals surface area contributed by atoms with E-state index in [1.807, 2.05) is 19.1 Å². The van der Waals surface area contributed by atoms with Gasteiger partial charge >= 0.3 is 0 Å². The molecule has 0 atom stereocenters. The van der Waals surface area contributed by atoms with Crippen molar-refractivity contribution < 1.29 is 12.8 Å². The molecule has 0 amide bonds. The van der Waals surface area contributed by atoms with Crippen molar-refractivity contribution in [3.05, 3.63) is 48.3 Å². The monoisotopic (exact) mass is 377 g/mol. The molecule has 140 valence electrons. The van der Waals surface area contributed by atoms with Gasteiger partial charge in [-0.3, -0.25) is 0 Å². The van der Waals surface area contributed by atoms with E-state index in [4.69, 9.17) is 0 Å². The molecular weight excluding hydrogens is 353 g/mol. The van der Waals surface area contributed by atoms with Crippen LogP contribution in [0.3, 0.4) is 0 Å². The Morgan fingerprint density at radius 2 is 1.81 bits per heavy atom. The van der Waals surface area contributed by atoms with Crippen LogP contribution in [0.2, 0.25) is 0 Å². The van der Waals surface area contributed by atoms with Crippen LogP contribution >= 0.6 is 0 Å². The van der Waals surface area contributed by atoms with E-state index in [9.17, 15) is 12.8 Å². The number of anilines is 2. The zero-order valence-corrected chi connectivity index (χ0v) is 15.7. The molecule has 1 fully saturated rings. The minimum absolute atomic E-state index is 0.0911. The van der Waals surface area contributed by atoms with Crippen molar-refractivity contribution in [3.8, 4) is 0 Å². The molecule has 5 nitrogen and oxygen atoms in total. The van der Waals surface area contributed by atoms with Gasteiger partial charge in [0.15, 0.2) is 0 Å². The first-order valence-electron chi connectivity index (χ1n) is 8.86. The molecule has 1 aliphatic heterocycles. The van der Waals surface area contributed by atoms with Gasteiger partial charge in [-0.1, -0.05) is 6.92 Å². The van der Waals surface area contributed by atoms with Crippen molar-refractivity contribution >= 4 is 21.2 Å². The zero-order chi connectivity index (χ0) is 18.6. The Bertz CT molecular complexity index is 848. The summed E-state index contributed by atoms with van der Waals surface area (Å²) < 4.78 is 39.2. The highest BCUT2D eigenvalue weighted by Gasteiger charge is 2.23. The molecule has 26 heavy (non-hydrogen) atoms. The highest BCUT2D eigenvalue weighted by molar-refractivity contribution is 7.91. The number of sulfone groups is 1. The lowest BCUT2D eigenvalue weighted by Gasteiger charge is -2.30. The van der Waals surface area contributed by atoms with Gasteiger partial charge in [-0.25, -0.2) is 12.8 Å². The predicted octanol–water partition coefficient (Wildman–Crippen LogP) is 2.89. The summed E-state index contributed by atoms with van der Waals surface area (Å²) in [6.07, 6.45) is 0.883. The van der Waals surface area contributed by atoms with Gasteiger partial charge in [0, 0.05) is 38.4 Å². The lowest BCUT2D eigenvalue weighted by Crippen LogP contribution is -2.43. The number of halogens is 1. The Labute approximate surface area is 154 Å². The van der Waals surface area contributed by atoms with E-state index in [0.29, 0.717) is 12.2 Å². The van der Waals surface area contributed by atoms with E-state index < -0.39 is 15.7 Å². The van der Waals surface area contributed by atoms with Crippen molar-refractivity contribution in [2.45, 2.75) is 23.1 Å². The second-order valence-corrected chi connectivity index (χ2v) is 8.22. The average molecular weight is 377 g/mol. The van der Waals surface area contributed by atoms with Gasteiger partial charge in [-0.05, 0) is 48.9 Å². The van der Waals surface area contributed by atoms with Crippen LogP contribution in [0.5, 0.6) is 0 Å². The molecule has 2 aromatic carbocycles. The largest absolute Gasteiger partial charge is 0.384 e. The van der Waals surface area contributed by atoms with E-state index in [1.54, 1.807) is 6.07 Å². The normalized spacial score (nSPS) is 15.1. The molecule has 1 saturated heterocycles. The van der Waals surface area contributed by atoms with Gasteiger partial charge in [0.25, 0.3) is 0 Å². The minimum atomic E-state index is -3.72. The van der Waals surface area contributed by atoms with Gasteiger partial charge in [-0.2, -0.15) is 0 Å². The highest BCUT2D eigenvalue weighted by Crippen LogP contribution is 2.31. The van der Waals surface area contributed by atoms with Crippen molar-refractivity contribution in [2.75, 3.05) is 42.9 Å². The van der Waals surface area contributed by atoms with Crippen LogP contribution < -0.4 is 15.5 Å². The Kier molecular flexibility index (Phi) is 5.78. The molecule has 0 radical (unpaired) electrons. The van der Waals surface area contributed by atoms with Crippen LogP contribution in [0.1, 0.15) is 13.3 Å². The number of hydrogen-bond donors (Lipinski definition) is 2. The maximum atomic E-state index is 13.2. The summed E-state index contributed by atoms with van der Waals surface area (Å²) in [5, 5.41) is 6.55. The summed E-state index contributed by atoms with van der Waals surface area (Å²) in [7, 11) is -3.72. The number of hydrogen-bond acceptors (Lipinski definition) is 5. The Morgan fingerprint density at radius 3 is 2.46 bits per heavy atom. The fraction of sp³-hybridized carbons (Fsp3) is 0.368. The molecule has 0 saturated carbocycles. The van der Waals surface area contributed by atoms with Crippen LogP contribution in [-0.4, -0.2) is 41.1 Å². The maximum Gasteiger partial charge on any atom is 0.208 e. The fourth-order valence-electron chi connectivity index (χ4n) is 3.01. The molecule has 1 aliphatic rings. The van der Waals surface area contributed by atoms with Crippen LogP contribution in [0.15, 0.2) is 52.3 Å². The summed E-state index contributed by atoms with van der Waals surface area (Å²) in [6.45, 7) is 6.30. The van der Waals surface area contributed by atoms with E-state index in [2.05, 4.69) is 15.5 Å². The third-order valence-corrected chi connectivity index (χ3v) is 6.25. The highest BCUT2D eigenvalue weighted by atomic mass is 32.2. The first-order chi connectivity index (χ1) is 12.5. The smallest absolute Gasteiger partial charge is 0.208 e. The summed E-state index contributed by atoms with van der Waals surface area (Å²) in [4.78, 5) is 2.55. The van der Waals surface area contributed by atoms with Crippen LogP contribution in [0.25, 0.3) is 0 Å². The van der Waals surface area contributed by atoms with Gasteiger partial charge in [0.2, 0.25) is 9.84 Å². The number of rotatable bonds is 6. The third kappa shape index (κ3) is 3.99. The molecule has 7 heteroatoms. The van der Waals surface area contributed by atoms with Crippen LogP contribution in [0, 0.1) is 5.82 Å². The molecule has 3 rings (SSSR count). The Morgan fingerprint density at radius 1 is 1.12 bits per heavy atom. The second-order valence-electron chi connectivity index (χ2n) is 6.30. The van der Waals surface area contributed by atoms with Gasteiger partial charge in [0.1, 0.15) is 5.82 Å². The Balaban J connectivity index is 2.00. The summed E-state index contributed by atoms with van der Waals surface area (Å²) in [5.74, 6) is -0.456. The molecule has 2 N–H and O–H groups in total. The van der Waals surface area contributed by atoms with Crippen LogP contribution in [-0.2, 0) is 9.84 Å². The Hall–Kier alpha value is -2.12. The third-order valence-electron chi connectivity index (χ3n) is 4.42. The van der Waals surface area contributed by atoms with E-state index in [0.717, 1.165) is 38.3 Å². The summed E-state index contributed by atoms with van der Waals surface area (Å²) >= 11 is 0. The first-order valence-corrected chi connectivity index (χ1v) is 10.3. The second kappa shape index (κ2) is 8.05. The number of piperazine rings is 1. The van der Waals surface area contributed by atoms with E-state index in [-0.39, 0.29) is 9.79 Å². The molecular formula is C19H24FN3O2S. The molecule has 0 bridgehead atoms. The topological polar surface area (TPSA) is 61.4 Å². The fourth-order valence-corrected chi connectivity index (χ4v) is 4.43. The first kappa shape index (κ1) is 18.7. The molecule has 0 aromatic heterocycles. The summed E-state index contributed by atoms with van der Waals surface area (Å²) in [5.41, 5.74) is 1.59. The predicted molar refractivity (Wildman–Crippen MR) is 102 cm³/mol. The van der Waals surface area contributed by atoms with Crippen molar-refractivity contribution in [1.82, 2.24) is 5.32 Å². The van der Waals surface area contributed by atoms with Crippen molar-refractivity contribution in [3.63, 3.8) is 0 Å². The van der Waals surface area contributed by atoms with Gasteiger partial charge in [0.05, 0.1) is 15.5 Å². The lowest BCUT2D eigenvalue weighted by molar-refractivity contribution is 0.588. The molecule has 0 unspecified atom stereocenters. The SMILES string of the molecule is CCCNc1cc(N2CCNCC2)ccc1S(=O)(=O)c1ccc(F)cc1. The quantitative estimate of drug-likeness (QED) is 0.758. The molecule has 0 aliphatic carbocycles. The van der Waals surface area contributed by atoms with Crippen molar-refractivity contribution in [2.24, 2.45) is 0 Å².